The zero-order valence-electron chi connectivity index (χ0n) is 18.6. The highest BCUT2D eigenvalue weighted by molar-refractivity contribution is 5.66. The van der Waals surface area contributed by atoms with Crippen LogP contribution < -0.4 is 9.47 Å². The lowest BCUT2D eigenvalue weighted by molar-refractivity contribution is 0.266. The van der Waals surface area contributed by atoms with Crippen LogP contribution in [0.5, 0.6) is 23.0 Å². The maximum Gasteiger partial charge on any atom is 0.207 e. The maximum absolute atomic E-state index is 10.7. The van der Waals surface area contributed by atoms with Gasteiger partial charge in [0, 0.05) is 11.1 Å². The van der Waals surface area contributed by atoms with Gasteiger partial charge in [-0.3, -0.25) is 0 Å². The van der Waals surface area contributed by atoms with Gasteiger partial charge in [-0.1, -0.05) is 65.2 Å². The molecule has 162 valence electrons. The van der Waals surface area contributed by atoms with Crippen molar-refractivity contribution in [1.29, 1.82) is 0 Å². The van der Waals surface area contributed by atoms with Crippen LogP contribution in [-0.2, 0) is 12.8 Å². The smallest absolute Gasteiger partial charge is 0.207 e. The number of hydrogen-bond acceptors (Lipinski definition) is 4. The van der Waals surface area contributed by atoms with Crippen LogP contribution in [-0.4, -0.2) is 23.4 Å². The number of hydrogen-bond donors (Lipinski definition) is 2. The van der Waals surface area contributed by atoms with Crippen molar-refractivity contribution in [2.75, 3.05) is 13.2 Å². The van der Waals surface area contributed by atoms with E-state index in [0.29, 0.717) is 24.7 Å². The van der Waals surface area contributed by atoms with E-state index in [0.717, 1.165) is 43.2 Å². The average molecular weight is 395 g/mol. The first-order valence-electron chi connectivity index (χ1n) is 11.5. The van der Waals surface area contributed by atoms with Gasteiger partial charge in [-0.25, -0.2) is 0 Å². The Morgan fingerprint density at radius 1 is 0.536 bits per heavy atom. The molecule has 1 rings (SSSR count). The Hall–Kier alpha value is -1.58. The van der Waals surface area contributed by atoms with Crippen molar-refractivity contribution in [2.24, 2.45) is 0 Å². The molecule has 1 aromatic rings. The number of phenols is 2. The van der Waals surface area contributed by atoms with Gasteiger partial charge in [0.25, 0.3) is 0 Å². The van der Waals surface area contributed by atoms with Gasteiger partial charge in [-0.05, 0) is 39.5 Å². The van der Waals surface area contributed by atoms with E-state index >= 15 is 0 Å². The Morgan fingerprint density at radius 3 is 1.50 bits per heavy atom. The van der Waals surface area contributed by atoms with Crippen LogP contribution in [0.2, 0.25) is 0 Å². The minimum Gasteiger partial charge on any atom is -0.504 e. The standard InChI is InChI=1S/C24H42O4/c1-5-9-11-13-15-17-19-20(18-16-14-12-10-6-2)23(27-7-3)24(28-8-4)22(26)21(19)25/h25-26H,5-18H2,1-4H3. The molecule has 2 N–H and O–H groups in total. The Balaban J connectivity index is 3.12. The van der Waals surface area contributed by atoms with Crippen molar-refractivity contribution >= 4 is 0 Å². The summed E-state index contributed by atoms with van der Waals surface area (Å²) in [4.78, 5) is 0. The first-order chi connectivity index (χ1) is 13.6. The first-order valence-corrected chi connectivity index (χ1v) is 11.5. The second-order valence-corrected chi connectivity index (χ2v) is 7.51. The molecule has 0 aliphatic heterocycles. The molecule has 0 bridgehead atoms. The molecule has 0 saturated carbocycles. The summed E-state index contributed by atoms with van der Waals surface area (Å²) in [5.41, 5.74) is 1.86. The highest BCUT2D eigenvalue weighted by Crippen LogP contribution is 2.49. The van der Waals surface area contributed by atoms with E-state index in [9.17, 15) is 10.2 Å². The third-order valence-corrected chi connectivity index (χ3v) is 5.21. The fourth-order valence-electron chi connectivity index (χ4n) is 3.69. The second-order valence-electron chi connectivity index (χ2n) is 7.51. The molecule has 0 heterocycles. The van der Waals surface area contributed by atoms with Crippen molar-refractivity contribution in [1.82, 2.24) is 0 Å². The number of ether oxygens (including phenoxy) is 2. The van der Waals surface area contributed by atoms with Gasteiger partial charge in [0.05, 0.1) is 13.2 Å². The Morgan fingerprint density at radius 2 is 1.00 bits per heavy atom. The van der Waals surface area contributed by atoms with E-state index < -0.39 is 0 Å². The van der Waals surface area contributed by atoms with Gasteiger partial charge in [-0.2, -0.15) is 0 Å². The molecule has 1 aromatic carbocycles. The molecule has 0 spiro atoms. The van der Waals surface area contributed by atoms with E-state index in [1.807, 2.05) is 13.8 Å². The molecule has 4 heteroatoms. The number of rotatable bonds is 16. The summed E-state index contributed by atoms with van der Waals surface area (Å²) in [5.74, 6) is 0.716. The van der Waals surface area contributed by atoms with Crippen molar-refractivity contribution in [2.45, 2.75) is 105 Å². The first kappa shape index (κ1) is 24.5. The van der Waals surface area contributed by atoms with Crippen molar-refractivity contribution < 1.29 is 19.7 Å². The molecule has 0 aliphatic carbocycles. The number of phenolic OH excluding ortho intramolecular Hbond substituents is 2. The average Bonchev–Trinajstić information content (AvgIpc) is 2.69. The van der Waals surface area contributed by atoms with E-state index in [1.54, 1.807) is 0 Å². The second kappa shape index (κ2) is 14.4. The number of unbranched alkanes of at least 4 members (excludes halogenated alkanes) is 8. The topological polar surface area (TPSA) is 58.9 Å². The van der Waals surface area contributed by atoms with Crippen LogP contribution in [0.4, 0.5) is 0 Å². The molecule has 0 radical (unpaired) electrons. The van der Waals surface area contributed by atoms with Gasteiger partial charge in [0.15, 0.2) is 11.5 Å². The predicted molar refractivity (Wildman–Crippen MR) is 117 cm³/mol. The molecule has 0 fully saturated rings. The summed E-state index contributed by atoms with van der Waals surface area (Å²) in [5, 5.41) is 21.3. The van der Waals surface area contributed by atoms with Crippen LogP contribution in [0.15, 0.2) is 0 Å². The molecule has 28 heavy (non-hydrogen) atoms. The molecule has 4 nitrogen and oxygen atoms in total. The molecule has 0 amide bonds. The van der Waals surface area contributed by atoms with Crippen LogP contribution in [0, 0.1) is 0 Å². The zero-order valence-corrected chi connectivity index (χ0v) is 18.6. The summed E-state index contributed by atoms with van der Waals surface area (Å²) < 4.78 is 11.6. The summed E-state index contributed by atoms with van der Waals surface area (Å²) in [7, 11) is 0. The highest BCUT2D eigenvalue weighted by atomic mass is 16.5. The summed E-state index contributed by atoms with van der Waals surface area (Å²) in [6.07, 6.45) is 13.4. The lowest BCUT2D eigenvalue weighted by atomic mass is 9.93. The van der Waals surface area contributed by atoms with Gasteiger partial charge >= 0.3 is 0 Å². The van der Waals surface area contributed by atoms with Gasteiger partial charge in [0.1, 0.15) is 0 Å². The van der Waals surface area contributed by atoms with Gasteiger partial charge < -0.3 is 19.7 Å². The zero-order chi connectivity index (χ0) is 20.8. The lowest BCUT2D eigenvalue weighted by Gasteiger charge is -2.21. The van der Waals surface area contributed by atoms with Crippen LogP contribution >= 0.6 is 0 Å². The molecule has 0 aromatic heterocycles. The largest absolute Gasteiger partial charge is 0.504 e. The van der Waals surface area contributed by atoms with Gasteiger partial charge in [-0.15, -0.1) is 0 Å². The lowest BCUT2D eigenvalue weighted by Crippen LogP contribution is -2.06. The fraction of sp³-hybridized carbons (Fsp3) is 0.750. The summed E-state index contributed by atoms with van der Waals surface area (Å²) in [6, 6.07) is 0. The van der Waals surface area contributed by atoms with Crippen molar-refractivity contribution in [3.8, 4) is 23.0 Å². The molecule has 0 unspecified atom stereocenters. The molecule has 0 atom stereocenters. The maximum atomic E-state index is 10.7. The molecular weight excluding hydrogens is 352 g/mol. The third kappa shape index (κ3) is 7.44. The SMILES string of the molecule is CCCCCCCc1c(O)c(O)c(OCC)c(OCC)c1CCCCCCC. The molecule has 0 saturated heterocycles. The molecule has 0 aliphatic rings. The number of aromatic hydroxyl groups is 2. The normalized spacial score (nSPS) is 11.0. The van der Waals surface area contributed by atoms with Crippen LogP contribution in [0.3, 0.4) is 0 Å². The van der Waals surface area contributed by atoms with Crippen LogP contribution in [0.25, 0.3) is 0 Å². The fourth-order valence-corrected chi connectivity index (χ4v) is 3.69. The minimum absolute atomic E-state index is 0.0223. The Bertz CT molecular complexity index is 554. The van der Waals surface area contributed by atoms with Crippen molar-refractivity contribution in [3.05, 3.63) is 11.1 Å². The predicted octanol–water partition coefficient (Wildman–Crippen LogP) is 6.92. The van der Waals surface area contributed by atoms with Gasteiger partial charge in [0.2, 0.25) is 11.5 Å². The van der Waals surface area contributed by atoms with Crippen LogP contribution in [0.1, 0.15) is 103 Å². The minimum atomic E-state index is -0.177. The van der Waals surface area contributed by atoms with E-state index in [4.69, 9.17) is 9.47 Å². The Labute approximate surface area is 172 Å². The summed E-state index contributed by atoms with van der Waals surface area (Å²) in [6.45, 7) is 9.16. The van der Waals surface area contributed by atoms with Crippen molar-refractivity contribution in [3.63, 3.8) is 0 Å². The highest BCUT2D eigenvalue weighted by Gasteiger charge is 2.25. The summed E-state index contributed by atoms with van der Waals surface area (Å²) >= 11 is 0. The van der Waals surface area contributed by atoms with E-state index in [2.05, 4.69) is 13.8 Å². The Kier molecular flexibility index (Phi) is 12.6. The number of benzene rings is 1. The third-order valence-electron chi connectivity index (χ3n) is 5.21. The monoisotopic (exact) mass is 394 g/mol. The van der Waals surface area contributed by atoms with E-state index in [1.165, 1.54) is 44.9 Å². The molecular formula is C24H42O4. The quantitative estimate of drug-likeness (QED) is 0.236. The van der Waals surface area contributed by atoms with E-state index in [-0.39, 0.29) is 11.5 Å².